The minimum Gasteiger partial charge on any atom is -0.493 e. The predicted molar refractivity (Wildman–Crippen MR) is 171 cm³/mol. The lowest BCUT2D eigenvalue weighted by atomic mass is 9.95. The normalized spacial score (nSPS) is 13.7. The summed E-state index contributed by atoms with van der Waals surface area (Å²) in [4.78, 5) is 41.5. The number of hydrogen-bond acceptors (Lipinski definition) is 7. The molecule has 0 aliphatic heterocycles. The molecule has 1 aromatic heterocycles. The molecule has 2 amide bonds. The van der Waals surface area contributed by atoms with Crippen LogP contribution >= 0.6 is 11.6 Å². The molecule has 10 nitrogen and oxygen atoms in total. The van der Waals surface area contributed by atoms with Crippen LogP contribution in [0.4, 0.5) is 5.69 Å². The Bertz CT molecular complexity index is 1790. The average Bonchev–Trinajstić information content (AvgIpc) is 3.25. The third-order valence-electron chi connectivity index (χ3n) is 7.80. The molecule has 0 unspecified atom stereocenters. The summed E-state index contributed by atoms with van der Waals surface area (Å²) in [5.41, 5.74) is 5.01. The first-order valence-corrected chi connectivity index (χ1v) is 14.7. The second-order valence-electron chi connectivity index (χ2n) is 10.6. The van der Waals surface area contributed by atoms with Crippen LogP contribution in [0.3, 0.4) is 0 Å². The molecule has 4 aromatic rings. The van der Waals surface area contributed by atoms with Crippen molar-refractivity contribution in [2.75, 3.05) is 39.7 Å². The van der Waals surface area contributed by atoms with E-state index in [4.69, 9.17) is 25.8 Å². The highest BCUT2D eigenvalue weighted by Gasteiger charge is 2.29. The second kappa shape index (κ2) is 13.3. The Morgan fingerprint density at radius 1 is 1.02 bits per heavy atom. The van der Waals surface area contributed by atoms with Gasteiger partial charge in [-0.2, -0.15) is 0 Å². The van der Waals surface area contributed by atoms with Crippen molar-refractivity contribution in [1.82, 2.24) is 15.6 Å². The average molecular weight is 619 g/mol. The maximum absolute atomic E-state index is 13.5. The minimum atomic E-state index is -0.424. The zero-order chi connectivity index (χ0) is 31.4. The molecule has 0 fully saturated rings. The van der Waals surface area contributed by atoms with Crippen molar-refractivity contribution in [1.29, 1.82) is 0 Å². The van der Waals surface area contributed by atoms with Crippen LogP contribution in [-0.4, -0.2) is 51.2 Å². The molecule has 0 bridgehead atoms. The molecule has 0 saturated heterocycles. The van der Waals surface area contributed by atoms with E-state index >= 15 is 0 Å². The maximum atomic E-state index is 13.5. The van der Waals surface area contributed by atoms with Crippen LogP contribution < -0.4 is 35.6 Å². The van der Waals surface area contributed by atoms with Gasteiger partial charge in [-0.1, -0.05) is 17.7 Å². The molecule has 0 saturated carbocycles. The SMILES string of the molecule is COc1cc2c(c(OC)c1OC)-c1ccc(NCC(=O)NCCc3c[nH]c4ccc(Cl)cc34)c(=O)cc1[C@@H](NC(C)=O)CC2. The van der Waals surface area contributed by atoms with Crippen LogP contribution in [0, 0.1) is 0 Å². The molecule has 0 radical (unpaired) electrons. The van der Waals surface area contributed by atoms with E-state index in [0.29, 0.717) is 59.2 Å². The van der Waals surface area contributed by atoms with Crippen molar-refractivity contribution in [3.63, 3.8) is 0 Å². The summed E-state index contributed by atoms with van der Waals surface area (Å²) in [6, 6.07) is 12.1. The smallest absolute Gasteiger partial charge is 0.239 e. The predicted octanol–water partition coefficient (Wildman–Crippen LogP) is 4.77. The summed E-state index contributed by atoms with van der Waals surface area (Å²) >= 11 is 6.15. The van der Waals surface area contributed by atoms with Crippen molar-refractivity contribution in [3.8, 4) is 28.4 Å². The van der Waals surface area contributed by atoms with E-state index < -0.39 is 6.04 Å². The number of H-pyrrole nitrogens is 1. The number of anilines is 1. The highest BCUT2D eigenvalue weighted by atomic mass is 35.5. The van der Waals surface area contributed by atoms with Gasteiger partial charge in [-0.3, -0.25) is 14.4 Å². The number of aryl methyl sites for hydroxylation is 1. The van der Waals surface area contributed by atoms with Crippen molar-refractivity contribution < 1.29 is 23.8 Å². The first kappa shape index (κ1) is 30.7. The fourth-order valence-corrected chi connectivity index (χ4v) is 5.96. The summed E-state index contributed by atoms with van der Waals surface area (Å²) in [6.45, 7) is 1.77. The molecular formula is C33H35ClN4O6. The van der Waals surface area contributed by atoms with Crippen molar-refractivity contribution >= 4 is 40.0 Å². The number of halogens is 1. The second-order valence-corrected chi connectivity index (χ2v) is 11.0. The number of carbonyl (C=O) groups excluding carboxylic acids is 2. The van der Waals surface area contributed by atoms with Crippen molar-refractivity contribution in [2.45, 2.75) is 32.2 Å². The van der Waals surface area contributed by atoms with E-state index in [1.807, 2.05) is 36.5 Å². The lowest BCUT2D eigenvalue weighted by molar-refractivity contribution is -0.120. The molecule has 1 atom stereocenters. The van der Waals surface area contributed by atoms with Gasteiger partial charge < -0.3 is 35.1 Å². The number of aromatic amines is 1. The van der Waals surface area contributed by atoms with Crippen molar-refractivity contribution in [2.24, 2.45) is 0 Å². The Morgan fingerprint density at radius 2 is 1.82 bits per heavy atom. The van der Waals surface area contributed by atoms with Crippen LogP contribution in [0.25, 0.3) is 22.0 Å². The molecular weight excluding hydrogens is 584 g/mol. The Morgan fingerprint density at radius 3 is 2.55 bits per heavy atom. The summed E-state index contributed by atoms with van der Waals surface area (Å²) in [6.07, 6.45) is 3.68. The van der Waals surface area contributed by atoms with E-state index in [-0.39, 0.29) is 29.5 Å². The molecule has 3 aromatic carbocycles. The highest BCUT2D eigenvalue weighted by molar-refractivity contribution is 6.31. The number of hydrogen-bond donors (Lipinski definition) is 4. The van der Waals surface area contributed by atoms with Gasteiger partial charge in [0.05, 0.1) is 39.6 Å². The highest BCUT2D eigenvalue weighted by Crippen LogP contribution is 2.50. The maximum Gasteiger partial charge on any atom is 0.239 e. The van der Waals surface area contributed by atoms with Gasteiger partial charge in [0.1, 0.15) is 0 Å². The fourth-order valence-electron chi connectivity index (χ4n) is 5.79. The van der Waals surface area contributed by atoms with Crippen LogP contribution in [0.5, 0.6) is 17.2 Å². The number of fused-ring (bicyclic) bond motifs is 4. The zero-order valence-electron chi connectivity index (χ0n) is 25.1. The number of nitrogens with one attached hydrogen (secondary N) is 4. The van der Waals surface area contributed by atoms with Gasteiger partial charge in [0, 0.05) is 41.2 Å². The van der Waals surface area contributed by atoms with E-state index in [9.17, 15) is 14.4 Å². The number of rotatable bonds is 10. The Kier molecular flexibility index (Phi) is 9.29. The number of ether oxygens (including phenoxy) is 3. The summed E-state index contributed by atoms with van der Waals surface area (Å²) in [5, 5.41) is 10.6. The zero-order valence-corrected chi connectivity index (χ0v) is 25.8. The summed E-state index contributed by atoms with van der Waals surface area (Å²) in [5.74, 6) is 0.956. The molecule has 1 aliphatic carbocycles. The van der Waals surface area contributed by atoms with Gasteiger partial charge in [-0.15, -0.1) is 0 Å². The monoisotopic (exact) mass is 618 g/mol. The minimum absolute atomic E-state index is 0.0936. The quantitative estimate of drug-likeness (QED) is 0.201. The lowest BCUT2D eigenvalue weighted by Gasteiger charge is -2.19. The third kappa shape index (κ3) is 6.30. The van der Waals surface area contributed by atoms with E-state index in [0.717, 1.165) is 27.6 Å². The van der Waals surface area contributed by atoms with E-state index in [2.05, 4.69) is 20.9 Å². The number of amides is 2. The van der Waals surface area contributed by atoms with Gasteiger partial charge in [0.15, 0.2) is 11.5 Å². The molecule has 44 heavy (non-hydrogen) atoms. The molecule has 0 spiro atoms. The van der Waals surface area contributed by atoms with E-state index in [1.54, 1.807) is 20.3 Å². The number of methoxy groups -OCH3 is 3. The fraction of sp³-hybridized carbons (Fsp3) is 0.303. The molecule has 230 valence electrons. The number of carbonyl (C=O) groups is 2. The van der Waals surface area contributed by atoms with Crippen LogP contribution in [0.2, 0.25) is 5.02 Å². The van der Waals surface area contributed by atoms with Crippen molar-refractivity contribution in [3.05, 3.63) is 80.6 Å². The van der Waals surface area contributed by atoms with Crippen LogP contribution in [0.15, 0.2) is 53.5 Å². The number of benzene rings is 2. The lowest BCUT2D eigenvalue weighted by Crippen LogP contribution is -2.32. The first-order valence-electron chi connectivity index (χ1n) is 14.3. The summed E-state index contributed by atoms with van der Waals surface area (Å²) < 4.78 is 17.0. The topological polar surface area (TPSA) is 131 Å². The Labute approximate surface area is 260 Å². The molecule has 1 heterocycles. The van der Waals surface area contributed by atoms with Gasteiger partial charge in [-0.05, 0) is 77.9 Å². The van der Waals surface area contributed by atoms with Gasteiger partial charge in [0.25, 0.3) is 0 Å². The van der Waals surface area contributed by atoms with Crippen LogP contribution in [0.1, 0.15) is 36.1 Å². The van der Waals surface area contributed by atoms with Gasteiger partial charge in [-0.25, -0.2) is 0 Å². The first-order chi connectivity index (χ1) is 21.2. The Balaban J connectivity index is 1.40. The third-order valence-corrected chi connectivity index (χ3v) is 8.04. The Hall–Kier alpha value is -4.70. The van der Waals surface area contributed by atoms with E-state index in [1.165, 1.54) is 20.1 Å². The van der Waals surface area contributed by atoms with Gasteiger partial charge >= 0.3 is 0 Å². The largest absolute Gasteiger partial charge is 0.493 e. The summed E-state index contributed by atoms with van der Waals surface area (Å²) in [7, 11) is 4.65. The number of aromatic nitrogens is 1. The molecule has 5 rings (SSSR count). The molecule has 4 N–H and O–H groups in total. The molecule has 11 heteroatoms. The molecule has 1 aliphatic rings. The standard InChI is InChI=1S/C33H35ClN4O6/c1-18(39)38-26-8-5-19-13-29(42-2)32(43-3)33(44-4)31(19)22-7-10-27(28(40)15-24(22)26)37-17-30(41)35-12-11-20-16-36-25-9-6-21(34)14-23(20)25/h6-7,9-10,13-16,26,36H,5,8,11-12,17H2,1-4H3,(H,35,41)(H,37,40)(H,38,39)/t26-/m0/s1. The van der Waals surface area contributed by atoms with Gasteiger partial charge in [0.2, 0.25) is 23.0 Å². The van der Waals surface area contributed by atoms with Crippen LogP contribution in [-0.2, 0) is 22.4 Å².